The molecule has 0 aliphatic rings. The van der Waals surface area contributed by atoms with Crippen LogP contribution in [0, 0.1) is 3.95 Å². The van der Waals surface area contributed by atoms with Crippen LogP contribution in [0.3, 0.4) is 0 Å². The van der Waals surface area contributed by atoms with Crippen molar-refractivity contribution in [1.82, 2.24) is 10.2 Å². The maximum absolute atomic E-state index is 10.6. The molecule has 0 spiro atoms. The Labute approximate surface area is 71.8 Å². The summed E-state index contributed by atoms with van der Waals surface area (Å²) in [6, 6.07) is -0.553. The van der Waals surface area contributed by atoms with Gasteiger partial charge in [-0.15, -0.1) is 5.10 Å². The summed E-state index contributed by atoms with van der Waals surface area (Å²) in [5, 5.41) is 6.76. The number of anilines is 1. The van der Waals surface area contributed by atoms with Crippen LogP contribution in [-0.2, 0) is 0 Å². The molecule has 1 heterocycles. The van der Waals surface area contributed by atoms with Crippen LogP contribution in [0.2, 0.25) is 0 Å². The Morgan fingerprint density at radius 1 is 1.91 bits per heavy atom. The molecular formula is C4H6N4OS2. The van der Waals surface area contributed by atoms with Crippen molar-refractivity contribution in [3.05, 3.63) is 3.95 Å². The van der Waals surface area contributed by atoms with Gasteiger partial charge in [0.25, 0.3) is 0 Å². The quantitative estimate of drug-likeness (QED) is 0.640. The van der Waals surface area contributed by atoms with Crippen LogP contribution in [0.1, 0.15) is 0 Å². The highest BCUT2D eigenvalue weighted by atomic mass is 32.1. The van der Waals surface area contributed by atoms with Gasteiger partial charge in [0.05, 0.1) is 0 Å². The van der Waals surface area contributed by atoms with Crippen molar-refractivity contribution in [2.75, 3.05) is 11.9 Å². The summed E-state index contributed by atoms with van der Waals surface area (Å²) in [5.74, 6) is 0. The molecule has 0 unspecified atom stereocenters. The van der Waals surface area contributed by atoms with Gasteiger partial charge in [0.1, 0.15) is 0 Å². The van der Waals surface area contributed by atoms with Crippen molar-refractivity contribution >= 4 is 34.7 Å². The summed E-state index contributed by atoms with van der Waals surface area (Å²) in [7, 11) is 1.53. The Balaban J connectivity index is 2.93. The fraction of sp³-hybridized carbons (Fsp3) is 0.250. The van der Waals surface area contributed by atoms with Gasteiger partial charge in [0.15, 0.2) is 3.95 Å². The molecule has 0 bridgehead atoms. The van der Waals surface area contributed by atoms with Crippen LogP contribution in [0.5, 0.6) is 0 Å². The Hall–Kier alpha value is -0.950. The van der Waals surface area contributed by atoms with E-state index in [-0.39, 0.29) is 0 Å². The van der Waals surface area contributed by atoms with Crippen molar-refractivity contribution < 1.29 is 4.79 Å². The molecule has 7 heteroatoms. The molecule has 0 radical (unpaired) electrons. The van der Waals surface area contributed by atoms with Crippen LogP contribution in [0.4, 0.5) is 9.93 Å². The Morgan fingerprint density at radius 2 is 2.55 bits per heavy atom. The minimum Gasteiger partial charge on any atom is -0.351 e. The van der Waals surface area contributed by atoms with Crippen LogP contribution in [0.25, 0.3) is 0 Å². The van der Waals surface area contributed by atoms with Gasteiger partial charge in [-0.05, 0) is 12.2 Å². The van der Waals surface area contributed by atoms with Gasteiger partial charge in [-0.25, -0.2) is 4.79 Å². The van der Waals surface area contributed by atoms with E-state index in [9.17, 15) is 4.79 Å². The van der Waals surface area contributed by atoms with E-state index in [1.807, 2.05) is 0 Å². The maximum Gasteiger partial charge on any atom is 0.320 e. The molecule has 11 heavy (non-hydrogen) atoms. The highest BCUT2D eigenvalue weighted by Crippen LogP contribution is 2.14. The molecule has 1 aromatic rings. The number of carbonyl (C=O) groups is 1. The molecule has 3 N–H and O–H groups in total. The van der Waals surface area contributed by atoms with E-state index in [2.05, 4.69) is 10.2 Å². The summed E-state index contributed by atoms with van der Waals surface area (Å²) >= 11 is 5.96. The van der Waals surface area contributed by atoms with Crippen molar-refractivity contribution in [1.29, 1.82) is 0 Å². The van der Waals surface area contributed by atoms with Crippen molar-refractivity contribution in [2.24, 2.45) is 5.73 Å². The number of rotatable bonds is 1. The summed E-state index contributed by atoms with van der Waals surface area (Å²) in [6.07, 6.45) is 0. The number of carbonyl (C=O) groups excluding carboxylic acids is 1. The average molecular weight is 190 g/mol. The van der Waals surface area contributed by atoms with E-state index >= 15 is 0 Å². The minimum absolute atomic E-state index is 0.475. The molecule has 1 aromatic heterocycles. The Bertz CT molecular complexity index is 316. The number of primary amides is 1. The highest BCUT2D eigenvalue weighted by Gasteiger charge is 2.08. The zero-order chi connectivity index (χ0) is 8.43. The van der Waals surface area contributed by atoms with Crippen LogP contribution >= 0.6 is 23.6 Å². The molecule has 0 aromatic carbocycles. The molecular weight excluding hydrogens is 184 g/mol. The maximum atomic E-state index is 10.6. The van der Waals surface area contributed by atoms with E-state index < -0.39 is 6.03 Å². The third kappa shape index (κ3) is 1.75. The topological polar surface area (TPSA) is 75.0 Å². The van der Waals surface area contributed by atoms with Gasteiger partial charge < -0.3 is 5.73 Å². The third-order valence-corrected chi connectivity index (χ3v) is 2.21. The predicted molar refractivity (Wildman–Crippen MR) is 45.3 cm³/mol. The largest absolute Gasteiger partial charge is 0.351 e. The third-order valence-electron chi connectivity index (χ3n) is 1.04. The van der Waals surface area contributed by atoms with Crippen LogP contribution < -0.4 is 10.6 Å². The number of aromatic amines is 1. The minimum atomic E-state index is -0.553. The summed E-state index contributed by atoms with van der Waals surface area (Å²) in [5.41, 5.74) is 4.98. The first-order valence-electron chi connectivity index (χ1n) is 2.70. The second-order valence-corrected chi connectivity index (χ2v) is 3.44. The number of urea groups is 1. The number of nitrogens with zero attached hydrogens (tertiary/aromatic N) is 2. The number of nitrogens with two attached hydrogens (primary N) is 1. The first kappa shape index (κ1) is 8.15. The summed E-state index contributed by atoms with van der Waals surface area (Å²) in [4.78, 5) is 11.8. The molecule has 1 rings (SSSR count). The SMILES string of the molecule is CN(C(N)=O)c1n[nH]c(=S)s1. The zero-order valence-electron chi connectivity index (χ0n) is 5.70. The van der Waals surface area contributed by atoms with Crippen LogP contribution in [0.15, 0.2) is 0 Å². The standard InChI is InChI=1S/C4H6N4OS2/c1-8(2(5)9)3-6-7-4(10)11-3/h1H3,(H2,5,9)(H,7,10). The lowest BCUT2D eigenvalue weighted by atomic mass is 10.8. The molecule has 0 fully saturated rings. The lowest BCUT2D eigenvalue weighted by molar-refractivity contribution is 0.255. The number of aromatic nitrogens is 2. The van der Waals surface area contributed by atoms with Gasteiger partial charge in [-0.2, -0.15) is 0 Å². The molecule has 60 valence electrons. The highest BCUT2D eigenvalue weighted by molar-refractivity contribution is 7.73. The molecule has 0 atom stereocenters. The molecule has 0 saturated carbocycles. The Morgan fingerprint density at radius 3 is 2.91 bits per heavy atom. The molecule has 0 saturated heterocycles. The summed E-state index contributed by atoms with van der Waals surface area (Å²) < 4.78 is 0.521. The second kappa shape index (κ2) is 2.97. The van der Waals surface area contributed by atoms with Crippen molar-refractivity contribution in [3.8, 4) is 0 Å². The second-order valence-electron chi connectivity index (χ2n) is 1.79. The van der Waals surface area contributed by atoms with Gasteiger partial charge >= 0.3 is 6.03 Å². The van der Waals surface area contributed by atoms with Crippen molar-refractivity contribution in [2.45, 2.75) is 0 Å². The Kier molecular flexibility index (Phi) is 2.20. The number of hydrogen-bond acceptors (Lipinski definition) is 4. The van der Waals surface area contributed by atoms with Gasteiger partial charge in [-0.3, -0.25) is 10.00 Å². The summed E-state index contributed by atoms with van der Waals surface area (Å²) in [6.45, 7) is 0. The van der Waals surface area contributed by atoms with Crippen molar-refractivity contribution in [3.63, 3.8) is 0 Å². The number of hydrogen-bond donors (Lipinski definition) is 2. The lowest BCUT2D eigenvalue weighted by Gasteiger charge is -2.07. The molecule has 2 amide bonds. The molecule has 5 nitrogen and oxygen atoms in total. The predicted octanol–water partition coefficient (Wildman–Crippen LogP) is 0.716. The first-order chi connectivity index (χ1) is 5.11. The van der Waals surface area contributed by atoms with E-state index in [1.165, 1.54) is 23.3 Å². The van der Waals surface area contributed by atoms with E-state index in [4.69, 9.17) is 18.0 Å². The smallest absolute Gasteiger partial charge is 0.320 e. The van der Waals surface area contributed by atoms with Gasteiger partial charge in [0, 0.05) is 7.05 Å². The average Bonchev–Trinajstić information content (AvgIpc) is 2.34. The monoisotopic (exact) mass is 190 g/mol. The van der Waals surface area contributed by atoms with E-state index in [1.54, 1.807) is 0 Å². The van der Waals surface area contributed by atoms with Crippen LogP contribution in [-0.4, -0.2) is 23.3 Å². The van der Waals surface area contributed by atoms with E-state index in [0.29, 0.717) is 9.09 Å². The van der Waals surface area contributed by atoms with E-state index in [0.717, 1.165) is 0 Å². The van der Waals surface area contributed by atoms with Gasteiger partial charge in [-0.1, -0.05) is 11.3 Å². The number of H-pyrrole nitrogens is 1. The zero-order valence-corrected chi connectivity index (χ0v) is 7.33. The fourth-order valence-corrected chi connectivity index (χ4v) is 1.30. The first-order valence-corrected chi connectivity index (χ1v) is 3.92. The molecule has 0 aliphatic heterocycles. The number of amides is 2. The van der Waals surface area contributed by atoms with Gasteiger partial charge in [0.2, 0.25) is 5.13 Å². The lowest BCUT2D eigenvalue weighted by Crippen LogP contribution is -2.31. The normalized spacial score (nSPS) is 9.55. The fourth-order valence-electron chi connectivity index (χ4n) is 0.460. The number of nitrogens with one attached hydrogen (secondary N) is 1. The molecule has 0 aliphatic carbocycles.